The van der Waals surface area contributed by atoms with Gasteiger partial charge in [-0.3, -0.25) is 9.59 Å². The summed E-state index contributed by atoms with van der Waals surface area (Å²) in [6, 6.07) is 16.0. The van der Waals surface area contributed by atoms with Crippen molar-refractivity contribution in [1.29, 1.82) is 0 Å². The van der Waals surface area contributed by atoms with Gasteiger partial charge >= 0.3 is 5.97 Å². The molecule has 0 spiro atoms. The first-order chi connectivity index (χ1) is 13.3. The molecule has 150 valence electrons. The molecule has 2 rings (SSSR count). The normalized spacial score (nSPS) is 11.9. The quantitative estimate of drug-likeness (QED) is 0.490. The number of amides is 1. The van der Waals surface area contributed by atoms with E-state index in [1.54, 1.807) is 0 Å². The van der Waals surface area contributed by atoms with Crippen LogP contribution < -0.4 is 5.32 Å². The van der Waals surface area contributed by atoms with Gasteiger partial charge in [-0.05, 0) is 48.9 Å². The van der Waals surface area contributed by atoms with Crippen molar-refractivity contribution < 1.29 is 14.3 Å². The number of thioether (sulfide) groups is 1. The van der Waals surface area contributed by atoms with Gasteiger partial charge in [-0.1, -0.05) is 56.3 Å². The molecule has 0 bridgehead atoms. The predicted molar refractivity (Wildman–Crippen MR) is 114 cm³/mol. The van der Waals surface area contributed by atoms with E-state index >= 15 is 0 Å². The molecule has 28 heavy (non-hydrogen) atoms. The van der Waals surface area contributed by atoms with Crippen LogP contribution in [0.2, 0.25) is 0 Å². The number of carbonyl (C=O) groups is 2. The van der Waals surface area contributed by atoms with Crippen molar-refractivity contribution in [2.75, 3.05) is 12.4 Å². The first-order valence-corrected chi connectivity index (χ1v) is 10.6. The van der Waals surface area contributed by atoms with Crippen LogP contribution in [0, 0.1) is 12.8 Å². The highest BCUT2D eigenvalue weighted by atomic mass is 32.2. The standard InChI is InChI=1S/C23H29NO3S/c1-16(2)13-19-9-11-20(12-10-19)18(4)24-22(25)14-27-23(26)15-28-21-8-6-5-7-17(21)3/h5-12,16,18H,13-15H2,1-4H3,(H,24,25)/t18-/m0/s1. The Balaban J connectivity index is 1.73. The second-order valence-corrected chi connectivity index (χ2v) is 8.36. The zero-order valence-electron chi connectivity index (χ0n) is 17.0. The van der Waals surface area contributed by atoms with E-state index in [2.05, 4.69) is 31.3 Å². The highest BCUT2D eigenvalue weighted by Gasteiger charge is 2.13. The van der Waals surface area contributed by atoms with Gasteiger partial charge in [-0.15, -0.1) is 11.8 Å². The van der Waals surface area contributed by atoms with Crippen molar-refractivity contribution in [2.45, 2.75) is 45.1 Å². The molecule has 0 saturated heterocycles. The van der Waals surface area contributed by atoms with Gasteiger partial charge in [0.2, 0.25) is 0 Å². The molecule has 0 heterocycles. The van der Waals surface area contributed by atoms with Gasteiger partial charge in [-0.25, -0.2) is 0 Å². The highest BCUT2D eigenvalue weighted by molar-refractivity contribution is 8.00. The molecular formula is C23H29NO3S. The van der Waals surface area contributed by atoms with Crippen molar-refractivity contribution in [3.63, 3.8) is 0 Å². The van der Waals surface area contributed by atoms with Gasteiger partial charge in [0.05, 0.1) is 11.8 Å². The number of hydrogen-bond donors (Lipinski definition) is 1. The number of hydrogen-bond acceptors (Lipinski definition) is 4. The Labute approximate surface area is 172 Å². The Morgan fingerprint density at radius 3 is 2.36 bits per heavy atom. The molecule has 2 aromatic carbocycles. The lowest BCUT2D eigenvalue weighted by Crippen LogP contribution is -2.31. The number of carbonyl (C=O) groups excluding carboxylic acids is 2. The fourth-order valence-corrected chi connectivity index (χ4v) is 3.65. The summed E-state index contributed by atoms with van der Waals surface area (Å²) >= 11 is 1.42. The third kappa shape index (κ3) is 7.39. The van der Waals surface area contributed by atoms with Crippen LogP contribution in [-0.2, 0) is 20.7 Å². The molecule has 4 nitrogen and oxygen atoms in total. The molecule has 0 fully saturated rings. The topological polar surface area (TPSA) is 55.4 Å². The summed E-state index contributed by atoms with van der Waals surface area (Å²) in [6.07, 6.45) is 1.04. The first-order valence-electron chi connectivity index (χ1n) is 9.57. The maximum atomic E-state index is 12.1. The highest BCUT2D eigenvalue weighted by Crippen LogP contribution is 2.21. The average Bonchev–Trinajstić information content (AvgIpc) is 2.65. The van der Waals surface area contributed by atoms with Crippen LogP contribution in [0.15, 0.2) is 53.4 Å². The molecule has 0 saturated carbocycles. The summed E-state index contributed by atoms with van der Waals surface area (Å²) in [4.78, 5) is 25.0. The smallest absolute Gasteiger partial charge is 0.316 e. The lowest BCUT2D eigenvalue weighted by molar-refractivity contribution is -0.146. The zero-order valence-corrected chi connectivity index (χ0v) is 17.8. The van der Waals surface area contributed by atoms with E-state index in [1.165, 1.54) is 17.3 Å². The van der Waals surface area contributed by atoms with Gasteiger partial charge in [0, 0.05) is 4.90 Å². The monoisotopic (exact) mass is 399 g/mol. The molecule has 2 aromatic rings. The Morgan fingerprint density at radius 1 is 1.04 bits per heavy atom. The Morgan fingerprint density at radius 2 is 1.71 bits per heavy atom. The van der Waals surface area contributed by atoms with Gasteiger partial charge in [-0.2, -0.15) is 0 Å². The minimum Gasteiger partial charge on any atom is -0.455 e. The van der Waals surface area contributed by atoms with Crippen LogP contribution in [0.1, 0.15) is 43.5 Å². The van der Waals surface area contributed by atoms with E-state index in [9.17, 15) is 9.59 Å². The van der Waals surface area contributed by atoms with Crippen molar-refractivity contribution in [3.8, 4) is 0 Å². The Hall–Kier alpha value is -2.27. The molecule has 0 aliphatic rings. The van der Waals surface area contributed by atoms with E-state index < -0.39 is 5.97 Å². The SMILES string of the molecule is Cc1ccccc1SCC(=O)OCC(=O)N[C@@H](C)c1ccc(CC(C)C)cc1. The molecule has 0 aliphatic carbocycles. The zero-order chi connectivity index (χ0) is 20.5. The lowest BCUT2D eigenvalue weighted by atomic mass is 10.00. The molecular weight excluding hydrogens is 370 g/mol. The van der Waals surface area contributed by atoms with Gasteiger partial charge in [0.1, 0.15) is 0 Å². The van der Waals surface area contributed by atoms with E-state index in [1.807, 2.05) is 50.2 Å². The van der Waals surface area contributed by atoms with Crippen LogP contribution in [0.5, 0.6) is 0 Å². The van der Waals surface area contributed by atoms with E-state index in [4.69, 9.17) is 4.74 Å². The maximum absolute atomic E-state index is 12.1. The number of rotatable bonds is 9. The number of nitrogens with one attached hydrogen (secondary N) is 1. The minimum atomic E-state index is -0.394. The Kier molecular flexibility index (Phi) is 8.58. The van der Waals surface area contributed by atoms with Gasteiger partial charge in [0.25, 0.3) is 5.91 Å². The third-order valence-corrected chi connectivity index (χ3v) is 5.45. The fourth-order valence-electron chi connectivity index (χ4n) is 2.82. The summed E-state index contributed by atoms with van der Waals surface area (Å²) in [5.74, 6) is 0.106. The van der Waals surface area contributed by atoms with Crippen LogP contribution >= 0.6 is 11.8 Å². The largest absolute Gasteiger partial charge is 0.455 e. The summed E-state index contributed by atoms with van der Waals surface area (Å²) < 4.78 is 5.09. The summed E-state index contributed by atoms with van der Waals surface area (Å²) in [5.41, 5.74) is 3.44. The van der Waals surface area contributed by atoms with Crippen LogP contribution in [0.4, 0.5) is 0 Å². The minimum absolute atomic E-state index is 0.138. The second kappa shape index (κ2) is 10.9. The molecule has 1 amide bonds. The van der Waals surface area contributed by atoms with Crippen molar-refractivity contribution >= 4 is 23.6 Å². The van der Waals surface area contributed by atoms with Gasteiger partial charge < -0.3 is 10.1 Å². The van der Waals surface area contributed by atoms with Gasteiger partial charge in [0.15, 0.2) is 6.61 Å². The molecule has 0 aliphatic heterocycles. The van der Waals surface area contributed by atoms with Crippen LogP contribution in [0.25, 0.3) is 0 Å². The van der Waals surface area contributed by atoms with Crippen LogP contribution in [0.3, 0.4) is 0 Å². The number of benzene rings is 2. The summed E-state index contributed by atoms with van der Waals surface area (Å²) in [5, 5.41) is 2.87. The second-order valence-electron chi connectivity index (χ2n) is 7.34. The molecule has 0 aromatic heterocycles. The molecule has 1 N–H and O–H groups in total. The Bertz CT molecular complexity index is 787. The summed E-state index contributed by atoms with van der Waals surface area (Å²) in [7, 11) is 0. The molecule has 5 heteroatoms. The average molecular weight is 400 g/mol. The predicted octanol–water partition coefficient (Wildman–Crippen LogP) is 4.71. The molecule has 1 atom stereocenters. The van der Waals surface area contributed by atoms with E-state index in [0.29, 0.717) is 5.92 Å². The van der Waals surface area contributed by atoms with Crippen molar-refractivity contribution in [1.82, 2.24) is 5.32 Å². The number of esters is 1. The maximum Gasteiger partial charge on any atom is 0.316 e. The van der Waals surface area contributed by atoms with E-state index in [0.717, 1.165) is 22.4 Å². The first kappa shape index (κ1) is 22.0. The fraction of sp³-hybridized carbons (Fsp3) is 0.391. The van der Waals surface area contributed by atoms with Crippen LogP contribution in [-0.4, -0.2) is 24.2 Å². The van der Waals surface area contributed by atoms with Crippen molar-refractivity contribution in [2.24, 2.45) is 5.92 Å². The lowest BCUT2D eigenvalue weighted by Gasteiger charge is -2.15. The number of aryl methyl sites for hydroxylation is 1. The van der Waals surface area contributed by atoms with E-state index in [-0.39, 0.29) is 24.3 Å². The van der Waals surface area contributed by atoms with Crippen molar-refractivity contribution in [3.05, 3.63) is 65.2 Å². The summed E-state index contributed by atoms with van der Waals surface area (Å²) in [6.45, 7) is 8.04. The molecule has 0 radical (unpaired) electrons. The molecule has 0 unspecified atom stereocenters. The third-order valence-electron chi connectivity index (χ3n) is 4.30. The number of ether oxygens (including phenoxy) is 1.